The Balaban J connectivity index is 0.979. The molecule has 1 nitrogen and oxygen atoms in total. The number of hydrogen-bond donors (Lipinski definition) is 0. The smallest absolute Gasteiger partial charge is 0.0714 e. The molecule has 0 spiro atoms. The van der Waals surface area contributed by atoms with E-state index in [1.165, 1.54) is 82.4 Å². The molecule has 1 heteroatoms. The summed E-state index contributed by atoms with van der Waals surface area (Å²) in [5, 5.41) is 7.52. The number of benzene rings is 13. The van der Waals surface area contributed by atoms with Gasteiger partial charge in [0.25, 0.3) is 0 Å². The van der Waals surface area contributed by atoms with Gasteiger partial charge in [-0.05, 0) is 165 Å². The predicted molar refractivity (Wildman–Crippen MR) is 336 cm³/mol. The number of anilines is 3. The Labute approximate surface area is 467 Å². The topological polar surface area (TPSA) is 3.24 Å². The average Bonchev–Trinajstić information content (AvgIpc) is 3.98. The Morgan fingerprint density at radius 1 is 0.263 bits per heavy atom. The van der Waals surface area contributed by atoms with Crippen molar-refractivity contribution in [3.05, 3.63) is 344 Å². The van der Waals surface area contributed by atoms with Crippen LogP contribution in [0.5, 0.6) is 0 Å². The Hall–Kier alpha value is -10.5. The molecule has 0 unspecified atom stereocenters. The van der Waals surface area contributed by atoms with E-state index in [0.29, 0.717) is 0 Å². The first-order chi connectivity index (χ1) is 39.7. The van der Waals surface area contributed by atoms with Gasteiger partial charge in [0, 0.05) is 22.5 Å². The number of rotatable bonds is 10. The van der Waals surface area contributed by atoms with Crippen molar-refractivity contribution in [2.75, 3.05) is 4.90 Å². The molecule has 0 bridgehead atoms. The summed E-state index contributed by atoms with van der Waals surface area (Å²) in [4.78, 5) is 2.50. The van der Waals surface area contributed by atoms with Gasteiger partial charge in [-0.2, -0.15) is 0 Å². The SMILES string of the molecule is c1cccc(-c2ccc(-c3ccc(N(c4ccc(-c5ccc(-c6ccccc6)cc5)cc4)c4cc5c(cc4-c4ccc6c7ccccc7c7ccccc7c6c4)-c4ccccc4C5(c4ccccc4)c4ccccc4)cc3)cc2)c#1. The van der Waals surface area contributed by atoms with Crippen LogP contribution in [0.25, 0.3) is 99.1 Å². The van der Waals surface area contributed by atoms with E-state index in [1.807, 2.05) is 12.1 Å². The lowest BCUT2D eigenvalue weighted by molar-refractivity contribution is 0.768. The summed E-state index contributed by atoms with van der Waals surface area (Å²) >= 11 is 0. The lowest BCUT2D eigenvalue weighted by Crippen LogP contribution is -2.28. The van der Waals surface area contributed by atoms with Gasteiger partial charge in [0.05, 0.1) is 11.1 Å². The first-order valence-corrected chi connectivity index (χ1v) is 27.6. The third-order valence-corrected chi connectivity index (χ3v) is 16.6. The van der Waals surface area contributed by atoms with Crippen LogP contribution in [0, 0.1) is 12.1 Å². The van der Waals surface area contributed by atoms with Crippen molar-refractivity contribution in [1.82, 2.24) is 0 Å². The molecule has 0 atom stereocenters. The van der Waals surface area contributed by atoms with Crippen molar-refractivity contribution in [3.63, 3.8) is 0 Å². The highest BCUT2D eigenvalue weighted by molar-refractivity contribution is 6.26. The summed E-state index contributed by atoms with van der Waals surface area (Å²) in [7, 11) is 0. The van der Waals surface area contributed by atoms with Gasteiger partial charge < -0.3 is 4.90 Å². The Kier molecular flexibility index (Phi) is 11.4. The maximum Gasteiger partial charge on any atom is 0.0714 e. The minimum absolute atomic E-state index is 0.618. The molecule has 0 saturated heterocycles. The Morgan fingerprint density at radius 2 is 0.688 bits per heavy atom. The number of nitrogens with zero attached hydrogens (tertiary/aromatic N) is 1. The first kappa shape index (κ1) is 46.8. The zero-order valence-electron chi connectivity index (χ0n) is 43.9. The van der Waals surface area contributed by atoms with Crippen LogP contribution < -0.4 is 4.90 Å². The van der Waals surface area contributed by atoms with Crippen molar-refractivity contribution in [2.24, 2.45) is 0 Å². The summed E-state index contributed by atoms with van der Waals surface area (Å²) in [6.45, 7) is 0. The largest absolute Gasteiger partial charge is 0.310 e. The maximum absolute atomic E-state index is 3.27. The molecule has 0 aliphatic heterocycles. The van der Waals surface area contributed by atoms with Gasteiger partial charge in [-0.25, -0.2) is 0 Å². The normalized spacial score (nSPS) is 12.2. The van der Waals surface area contributed by atoms with E-state index in [0.717, 1.165) is 56.0 Å². The van der Waals surface area contributed by atoms with Crippen molar-refractivity contribution >= 4 is 49.4 Å². The fourth-order valence-electron chi connectivity index (χ4n) is 12.9. The van der Waals surface area contributed by atoms with Gasteiger partial charge in [0.2, 0.25) is 0 Å². The average molecular weight is 1010 g/mol. The highest BCUT2D eigenvalue weighted by atomic mass is 15.1. The number of fused-ring (bicyclic) bond motifs is 9. The molecule has 0 amide bonds. The van der Waals surface area contributed by atoms with Crippen LogP contribution in [0.3, 0.4) is 0 Å². The van der Waals surface area contributed by atoms with Crippen molar-refractivity contribution in [1.29, 1.82) is 0 Å². The minimum Gasteiger partial charge on any atom is -0.310 e. The van der Waals surface area contributed by atoms with Gasteiger partial charge in [0.1, 0.15) is 0 Å². The summed E-state index contributed by atoms with van der Waals surface area (Å²) in [6, 6.07) is 120. The highest BCUT2D eigenvalue weighted by Crippen LogP contribution is 2.59. The monoisotopic (exact) mass is 1010 g/mol. The van der Waals surface area contributed by atoms with E-state index < -0.39 is 5.41 Å². The molecule has 0 fully saturated rings. The summed E-state index contributed by atoms with van der Waals surface area (Å²) < 4.78 is 0. The van der Waals surface area contributed by atoms with Crippen LogP contribution in [0.1, 0.15) is 22.3 Å². The summed E-state index contributed by atoms with van der Waals surface area (Å²) in [5.41, 5.74) is 21.5. The fraction of sp³-hybridized carbons (Fsp3) is 0.0127. The molecule has 14 aromatic rings. The molecule has 372 valence electrons. The molecule has 0 N–H and O–H groups in total. The van der Waals surface area contributed by atoms with Crippen LogP contribution in [-0.4, -0.2) is 0 Å². The van der Waals surface area contributed by atoms with Gasteiger partial charge in [-0.3, -0.25) is 0 Å². The second-order valence-electron chi connectivity index (χ2n) is 21.0. The molecule has 15 rings (SSSR count). The Bertz CT molecular complexity index is 4370. The lowest BCUT2D eigenvalue weighted by Gasteiger charge is -2.35. The quantitative estimate of drug-likeness (QED) is 0.123. The van der Waals surface area contributed by atoms with Crippen LogP contribution >= 0.6 is 0 Å². The van der Waals surface area contributed by atoms with Gasteiger partial charge in [0.15, 0.2) is 0 Å². The molecule has 80 heavy (non-hydrogen) atoms. The van der Waals surface area contributed by atoms with Gasteiger partial charge in [-0.15, -0.1) is 0 Å². The van der Waals surface area contributed by atoms with Crippen LogP contribution in [0.2, 0.25) is 0 Å². The van der Waals surface area contributed by atoms with Crippen molar-refractivity contribution in [3.8, 4) is 66.8 Å². The van der Waals surface area contributed by atoms with E-state index in [-0.39, 0.29) is 0 Å². The fourth-order valence-corrected chi connectivity index (χ4v) is 12.9. The second-order valence-corrected chi connectivity index (χ2v) is 21.0. The van der Waals surface area contributed by atoms with Gasteiger partial charge >= 0.3 is 0 Å². The molecule has 14 aromatic carbocycles. The molecule has 0 saturated carbocycles. The third kappa shape index (κ3) is 7.80. The van der Waals surface area contributed by atoms with Crippen LogP contribution in [0.15, 0.2) is 309 Å². The van der Waals surface area contributed by atoms with E-state index in [4.69, 9.17) is 0 Å². The molecule has 0 heterocycles. The van der Waals surface area contributed by atoms with Gasteiger partial charge in [-0.1, -0.05) is 267 Å². The molecule has 0 radical (unpaired) electrons. The molecule has 1 aliphatic carbocycles. The zero-order chi connectivity index (χ0) is 53.0. The Morgan fingerprint density at radius 3 is 1.21 bits per heavy atom. The van der Waals surface area contributed by atoms with Crippen LogP contribution in [-0.2, 0) is 5.41 Å². The van der Waals surface area contributed by atoms with Crippen molar-refractivity contribution < 1.29 is 0 Å². The maximum atomic E-state index is 3.27. The standard InChI is InChI=1S/C79H51N/c1-5-19-54(20-6-1)56-33-37-58(38-34-56)60-41-46-65(47-42-60)80(66-48-43-61(44-49-66)59-39-35-57(36-40-59)55-21-7-2-8-22-55)78-53-77-75(72-31-17-18-32-76(72)79(77,63-23-9-3-10-24-63)64-25-11-4-12-26-64)52-73(78)62-45-50-71-69-29-14-13-27-67(69)68-28-15-16-30-70(68)74(71)51-62/h1-7,9-21,23-53H. The van der Waals surface area contributed by atoms with E-state index in [2.05, 4.69) is 314 Å². The van der Waals surface area contributed by atoms with E-state index >= 15 is 0 Å². The van der Waals surface area contributed by atoms with Crippen LogP contribution in [0.4, 0.5) is 17.1 Å². The molecular formula is C79H51N. The molecule has 1 aliphatic rings. The summed E-state index contributed by atoms with van der Waals surface area (Å²) in [6.07, 6.45) is 0. The second kappa shape index (κ2) is 19.5. The summed E-state index contributed by atoms with van der Waals surface area (Å²) in [5.74, 6) is 0. The van der Waals surface area contributed by atoms with Crippen molar-refractivity contribution in [2.45, 2.75) is 5.41 Å². The zero-order valence-corrected chi connectivity index (χ0v) is 43.9. The molecular weight excluding hydrogens is 963 g/mol. The number of hydrogen-bond acceptors (Lipinski definition) is 1. The van der Waals surface area contributed by atoms with E-state index in [1.54, 1.807) is 0 Å². The van der Waals surface area contributed by atoms with E-state index in [9.17, 15) is 0 Å². The highest BCUT2D eigenvalue weighted by Gasteiger charge is 2.47. The first-order valence-electron chi connectivity index (χ1n) is 27.6. The minimum atomic E-state index is -0.618. The third-order valence-electron chi connectivity index (χ3n) is 16.6. The predicted octanol–water partition coefficient (Wildman–Crippen LogP) is 20.9. The molecule has 0 aromatic heterocycles. The lowest BCUT2D eigenvalue weighted by atomic mass is 9.67.